The first-order valence-corrected chi connectivity index (χ1v) is 3.14. The number of hydrogen-bond acceptors (Lipinski definition) is 4. The van der Waals surface area contributed by atoms with Crippen molar-refractivity contribution in [1.82, 2.24) is 0 Å². The summed E-state index contributed by atoms with van der Waals surface area (Å²) >= 11 is 0. The van der Waals surface area contributed by atoms with E-state index >= 15 is 0 Å². The first-order valence-electron chi connectivity index (χ1n) is 3.14. The van der Waals surface area contributed by atoms with Crippen LogP contribution in [0.25, 0.3) is 0 Å². The normalized spacial score (nSPS) is 12.3. The smallest absolute Gasteiger partial charge is 0.335 e. The van der Waals surface area contributed by atoms with Gasteiger partial charge >= 0.3 is 17.9 Å². The highest BCUT2D eigenvalue weighted by molar-refractivity contribution is 5.98. The van der Waals surface area contributed by atoms with Crippen LogP contribution in [0.2, 0.25) is 0 Å². The summed E-state index contributed by atoms with van der Waals surface area (Å²) in [6.45, 7) is 0. The number of carboxylic acids is 3. The van der Waals surface area contributed by atoms with Crippen LogP contribution in [-0.4, -0.2) is 33.2 Å². The Kier molecular flexibility index (Phi) is 3.88. The molecule has 0 amide bonds. The van der Waals surface area contributed by atoms with Gasteiger partial charge in [-0.05, 0) is 11.8 Å². The Labute approximate surface area is 77.2 Å². The maximum atomic E-state index is 10.5. The van der Waals surface area contributed by atoms with Gasteiger partial charge in [-0.2, -0.15) is 0 Å². The van der Waals surface area contributed by atoms with Gasteiger partial charge < -0.3 is 20.4 Å². The predicted octanol–water partition coefficient (Wildman–Crippen LogP) is -1.59. The largest absolute Gasteiger partial charge is 0.868 e. The second kappa shape index (κ2) is 4.65. The van der Waals surface area contributed by atoms with Crippen LogP contribution in [0.1, 0.15) is 0 Å². The molecule has 14 heavy (non-hydrogen) atoms. The molecule has 3 N–H and O–H groups in total. The van der Waals surface area contributed by atoms with Crippen molar-refractivity contribution in [2.24, 2.45) is 0 Å². The molecule has 0 aliphatic carbocycles. The molecule has 0 spiro atoms. The van der Waals surface area contributed by atoms with Gasteiger partial charge in [-0.15, -0.1) is 0 Å². The standard InChI is InChI=1S/C7H6O7/c8-4(7(13)14)1-3(6(11)12)2-5(9)10/h1-2,8H,(H,9,10)(H,11,12)(H,13,14)/p-1/b3-2-,4-1-. The minimum absolute atomic E-state index is 0.221. The van der Waals surface area contributed by atoms with E-state index in [1.54, 1.807) is 0 Å². The maximum absolute atomic E-state index is 10.5. The maximum Gasteiger partial charge on any atom is 0.335 e. The van der Waals surface area contributed by atoms with Gasteiger partial charge in [0.25, 0.3) is 0 Å². The van der Waals surface area contributed by atoms with Crippen molar-refractivity contribution in [3.63, 3.8) is 0 Å². The molecular weight excluding hydrogens is 196 g/mol. The van der Waals surface area contributed by atoms with E-state index in [1.807, 2.05) is 0 Å². The quantitative estimate of drug-likeness (QED) is 0.283. The molecule has 0 saturated heterocycles. The van der Waals surface area contributed by atoms with Crippen LogP contribution < -0.4 is 5.11 Å². The lowest BCUT2D eigenvalue weighted by molar-refractivity contribution is -0.302. The topological polar surface area (TPSA) is 135 Å². The van der Waals surface area contributed by atoms with Crippen LogP contribution in [0.4, 0.5) is 0 Å². The lowest BCUT2D eigenvalue weighted by atomic mass is 10.2. The van der Waals surface area contributed by atoms with Gasteiger partial charge in [0.15, 0.2) is 0 Å². The van der Waals surface area contributed by atoms with E-state index < -0.39 is 29.2 Å². The lowest BCUT2D eigenvalue weighted by Crippen LogP contribution is -2.16. The summed E-state index contributed by atoms with van der Waals surface area (Å²) in [4.78, 5) is 30.3. The van der Waals surface area contributed by atoms with E-state index in [1.165, 1.54) is 0 Å². The van der Waals surface area contributed by atoms with Crippen LogP contribution in [0, 0.1) is 0 Å². The first-order chi connectivity index (χ1) is 6.34. The molecule has 0 rings (SSSR count). The molecule has 7 heteroatoms. The average molecular weight is 201 g/mol. The van der Waals surface area contributed by atoms with Crippen LogP contribution in [-0.2, 0) is 14.4 Å². The number of hydrogen-bond donors (Lipinski definition) is 3. The molecule has 0 bridgehead atoms. The van der Waals surface area contributed by atoms with E-state index in [0.717, 1.165) is 0 Å². The molecule has 0 heterocycles. The van der Waals surface area contributed by atoms with E-state index in [0.29, 0.717) is 0 Å². The van der Waals surface area contributed by atoms with Crippen LogP contribution >= 0.6 is 0 Å². The fourth-order valence-corrected chi connectivity index (χ4v) is 0.501. The van der Waals surface area contributed by atoms with Gasteiger partial charge in [-0.1, -0.05) is 0 Å². The first kappa shape index (κ1) is 11.7. The minimum Gasteiger partial charge on any atom is -0.868 e. The van der Waals surface area contributed by atoms with Crippen molar-refractivity contribution in [1.29, 1.82) is 0 Å². The molecule has 0 aromatic rings. The van der Waals surface area contributed by atoms with E-state index in [4.69, 9.17) is 15.3 Å². The Morgan fingerprint density at radius 1 is 0.929 bits per heavy atom. The number of carbonyl (C=O) groups is 3. The van der Waals surface area contributed by atoms with Crippen molar-refractivity contribution in [2.45, 2.75) is 0 Å². The Balaban J connectivity index is 5.07. The molecule has 0 aromatic heterocycles. The van der Waals surface area contributed by atoms with Gasteiger partial charge in [0.1, 0.15) is 0 Å². The third kappa shape index (κ3) is 3.90. The Morgan fingerprint density at radius 3 is 1.71 bits per heavy atom. The second-order valence-corrected chi connectivity index (χ2v) is 2.06. The zero-order valence-electron chi connectivity index (χ0n) is 6.63. The monoisotopic (exact) mass is 201 g/mol. The van der Waals surface area contributed by atoms with Gasteiger partial charge in [0.05, 0.1) is 5.57 Å². The molecule has 0 unspecified atom stereocenters. The molecule has 7 nitrogen and oxygen atoms in total. The summed E-state index contributed by atoms with van der Waals surface area (Å²) in [6, 6.07) is 0. The molecule has 76 valence electrons. The highest BCUT2D eigenvalue weighted by Crippen LogP contribution is 1.99. The molecule has 0 fully saturated rings. The highest BCUT2D eigenvalue weighted by atomic mass is 16.4. The average Bonchev–Trinajstić information content (AvgIpc) is 2.01. The highest BCUT2D eigenvalue weighted by Gasteiger charge is 2.07. The Bertz CT molecular complexity index is 336. The van der Waals surface area contributed by atoms with E-state index in [2.05, 4.69) is 0 Å². The zero-order valence-corrected chi connectivity index (χ0v) is 6.63. The molecule has 0 aromatic carbocycles. The number of aliphatic carboxylic acids is 3. The number of rotatable bonds is 4. The lowest BCUT2D eigenvalue weighted by Gasteiger charge is -2.04. The Morgan fingerprint density at radius 2 is 1.43 bits per heavy atom. The van der Waals surface area contributed by atoms with Crippen molar-refractivity contribution in [3.8, 4) is 0 Å². The fraction of sp³-hybridized carbons (Fsp3) is 0. The molecule has 0 aliphatic heterocycles. The van der Waals surface area contributed by atoms with Crippen LogP contribution in [0.15, 0.2) is 23.5 Å². The summed E-state index contributed by atoms with van der Waals surface area (Å²) < 4.78 is 0. The molecule has 0 aliphatic rings. The minimum atomic E-state index is -1.86. The van der Waals surface area contributed by atoms with E-state index in [9.17, 15) is 19.5 Å². The van der Waals surface area contributed by atoms with Gasteiger partial charge in [-0.3, -0.25) is 0 Å². The second-order valence-electron chi connectivity index (χ2n) is 2.06. The van der Waals surface area contributed by atoms with Crippen LogP contribution in [0.5, 0.6) is 0 Å². The summed E-state index contributed by atoms with van der Waals surface area (Å²) in [6.07, 6.45) is 0.446. The van der Waals surface area contributed by atoms with Crippen molar-refractivity contribution in [2.75, 3.05) is 0 Å². The third-order valence-electron chi connectivity index (χ3n) is 1.02. The summed E-state index contributed by atoms with van der Waals surface area (Å²) in [7, 11) is 0. The van der Waals surface area contributed by atoms with Gasteiger partial charge in [0, 0.05) is 6.08 Å². The summed E-state index contributed by atoms with van der Waals surface area (Å²) in [5, 5.41) is 35.1. The van der Waals surface area contributed by atoms with Gasteiger partial charge in [0.2, 0.25) is 0 Å². The summed E-state index contributed by atoms with van der Waals surface area (Å²) in [5.41, 5.74) is -0.898. The molecule has 0 radical (unpaired) electrons. The molecular formula is C7H5O7-. The van der Waals surface area contributed by atoms with Crippen molar-refractivity contribution < 1.29 is 34.8 Å². The van der Waals surface area contributed by atoms with Crippen LogP contribution in [0.3, 0.4) is 0 Å². The summed E-state index contributed by atoms with van der Waals surface area (Å²) in [5.74, 6) is -6.64. The van der Waals surface area contributed by atoms with Gasteiger partial charge in [-0.25, -0.2) is 14.4 Å². The zero-order chi connectivity index (χ0) is 11.3. The SMILES string of the molecule is O=C(O)/C=C(/C=C(\[O-])C(=O)O)C(=O)O. The van der Waals surface area contributed by atoms with Crippen molar-refractivity contribution >= 4 is 17.9 Å². The fourth-order valence-electron chi connectivity index (χ4n) is 0.501. The van der Waals surface area contributed by atoms with Crippen molar-refractivity contribution in [3.05, 3.63) is 23.5 Å². The Hall–Kier alpha value is -2.31. The molecule has 0 atom stereocenters. The number of carboxylic acid groups (broad SMARTS) is 3. The van der Waals surface area contributed by atoms with E-state index in [-0.39, 0.29) is 12.2 Å². The molecule has 0 saturated carbocycles. The predicted molar refractivity (Wildman–Crippen MR) is 39.1 cm³/mol. The third-order valence-corrected chi connectivity index (χ3v) is 1.02.